The molecule has 0 aliphatic carbocycles. The number of aromatic hydroxyl groups is 1. The SMILES string of the molecule is O=C(O)Cc1ccc(O)c(S(=O)(=O)O)c1. The van der Waals surface area contributed by atoms with Gasteiger partial charge in [-0.1, -0.05) is 6.07 Å². The highest BCUT2D eigenvalue weighted by Gasteiger charge is 2.16. The van der Waals surface area contributed by atoms with Gasteiger partial charge in [0.25, 0.3) is 10.1 Å². The molecular formula is C8H8O6S. The number of phenolic OH excluding ortho intramolecular Hbond substituents is 1. The fourth-order valence-electron chi connectivity index (χ4n) is 1.05. The third-order valence-corrected chi connectivity index (χ3v) is 2.54. The summed E-state index contributed by atoms with van der Waals surface area (Å²) in [6, 6.07) is 3.19. The van der Waals surface area contributed by atoms with Gasteiger partial charge in [0, 0.05) is 0 Å². The van der Waals surface area contributed by atoms with E-state index in [1.165, 1.54) is 6.07 Å². The number of carboxylic acid groups (broad SMARTS) is 1. The maximum absolute atomic E-state index is 10.7. The number of phenols is 1. The topological polar surface area (TPSA) is 112 Å². The molecule has 0 aromatic heterocycles. The first-order valence-corrected chi connectivity index (χ1v) is 5.26. The van der Waals surface area contributed by atoms with Crippen molar-refractivity contribution in [2.24, 2.45) is 0 Å². The molecule has 0 unspecified atom stereocenters. The summed E-state index contributed by atoms with van der Waals surface area (Å²) < 4.78 is 30.2. The van der Waals surface area contributed by atoms with Crippen molar-refractivity contribution in [1.82, 2.24) is 0 Å². The standard InChI is InChI=1S/C8H8O6S/c9-6-2-1-5(4-8(10)11)3-7(6)15(12,13)14/h1-3,9H,4H2,(H,10,11)(H,12,13,14). The molecule has 0 atom stereocenters. The first-order chi connectivity index (χ1) is 6.80. The highest BCUT2D eigenvalue weighted by molar-refractivity contribution is 7.86. The second-order valence-corrected chi connectivity index (χ2v) is 4.24. The van der Waals surface area contributed by atoms with E-state index in [2.05, 4.69) is 0 Å². The monoisotopic (exact) mass is 232 g/mol. The maximum atomic E-state index is 10.7. The van der Waals surface area contributed by atoms with Gasteiger partial charge in [0.05, 0.1) is 6.42 Å². The second-order valence-electron chi connectivity index (χ2n) is 2.85. The number of rotatable bonds is 3. The maximum Gasteiger partial charge on any atom is 0.307 e. The summed E-state index contributed by atoms with van der Waals surface area (Å²) in [7, 11) is -4.53. The molecule has 7 heteroatoms. The van der Waals surface area contributed by atoms with Crippen LogP contribution in [0, 0.1) is 0 Å². The minimum atomic E-state index is -4.53. The van der Waals surface area contributed by atoms with Gasteiger partial charge < -0.3 is 10.2 Å². The highest BCUT2D eigenvalue weighted by atomic mass is 32.2. The van der Waals surface area contributed by atoms with Crippen LogP contribution in [0.25, 0.3) is 0 Å². The summed E-state index contributed by atoms with van der Waals surface area (Å²) in [6.07, 6.45) is -0.386. The summed E-state index contributed by atoms with van der Waals surface area (Å²) in [4.78, 5) is 9.65. The van der Waals surface area contributed by atoms with Crippen LogP contribution in [0.15, 0.2) is 23.1 Å². The van der Waals surface area contributed by atoms with Crippen LogP contribution in [0.4, 0.5) is 0 Å². The molecule has 6 nitrogen and oxygen atoms in total. The highest BCUT2D eigenvalue weighted by Crippen LogP contribution is 2.23. The van der Waals surface area contributed by atoms with Gasteiger partial charge in [0.1, 0.15) is 10.6 Å². The zero-order valence-corrected chi connectivity index (χ0v) is 8.23. The van der Waals surface area contributed by atoms with Crippen molar-refractivity contribution in [3.8, 4) is 5.75 Å². The zero-order valence-electron chi connectivity index (χ0n) is 7.41. The van der Waals surface area contributed by atoms with E-state index in [1.54, 1.807) is 0 Å². The Kier molecular flexibility index (Phi) is 2.96. The number of aliphatic carboxylic acids is 1. The molecule has 0 saturated heterocycles. The number of hydrogen-bond acceptors (Lipinski definition) is 4. The number of carbonyl (C=O) groups is 1. The summed E-state index contributed by atoms with van der Waals surface area (Å²) in [5.41, 5.74) is 0.174. The van der Waals surface area contributed by atoms with Crippen LogP contribution in [-0.2, 0) is 21.3 Å². The fraction of sp³-hybridized carbons (Fsp3) is 0.125. The molecule has 0 heterocycles. The molecule has 0 aliphatic rings. The Labute approximate surface area is 85.5 Å². The molecule has 0 radical (unpaired) electrons. The number of carboxylic acids is 1. The molecule has 15 heavy (non-hydrogen) atoms. The van der Waals surface area contributed by atoms with E-state index in [1.807, 2.05) is 0 Å². The first kappa shape index (κ1) is 11.5. The van der Waals surface area contributed by atoms with Crippen LogP contribution in [-0.4, -0.2) is 29.2 Å². The first-order valence-electron chi connectivity index (χ1n) is 3.82. The van der Waals surface area contributed by atoms with E-state index in [9.17, 15) is 13.2 Å². The molecule has 1 aromatic carbocycles. The third kappa shape index (κ3) is 2.93. The molecule has 82 valence electrons. The summed E-state index contributed by atoms with van der Waals surface area (Å²) >= 11 is 0. The smallest absolute Gasteiger partial charge is 0.307 e. The van der Waals surface area contributed by atoms with Crippen molar-refractivity contribution in [3.63, 3.8) is 0 Å². The van der Waals surface area contributed by atoms with Crippen molar-refractivity contribution >= 4 is 16.1 Å². The fourth-order valence-corrected chi connectivity index (χ4v) is 1.68. The van der Waals surface area contributed by atoms with Gasteiger partial charge >= 0.3 is 5.97 Å². The van der Waals surface area contributed by atoms with Crippen molar-refractivity contribution in [1.29, 1.82) is 0 Å². The second kappa shape index (κ2) is 3.87. The Morgan fingerprint density at radius 2 is 1.93 bits per heavy atom. The van der Waals surface area contributed by atoms with E-state index in [0.717, 1.165) is 12.1 Å². The van der Waals surface area contributed by atoms with Gasteiger partial charge in [-0.05, 0) is 17.7 Å². The average molecular weight is 232 g/mol. The molecular weight excluding hydrogens is 224 g/mol. The van der Waals surface area contributed by atoms with Crippen molar-refractivity contribution < 1.29 is 28.0 Å². The lowest BCUT2D eigenvalue weighted by Gasteiger charge is -2.03. The quantitative estimate of drug-likeness (QED) is 0.645. The van der Waals surface area contributed by atoms with Gasteiger partial charge in [0.2, 0.25) is 0 Å². The van der Waals surface area contributed by atoms with Gasteiger partial charge in [-0.3, -0.25) is 9.35 Å². The largest absolute Gasteiger partial charge is 0.506 e. The summed E-state index contributed by atoms with van der Waals surface area (Å²) in [5.74, 6) is -1.76. The minimum absolute atomic E-state index is 0.174. The van der Waals surface area contributed by atoms with Gasteiger partial charge in [-0.15, -0.1) is 0 Å². The van der Waals surface area contributed by atoms with E-state index >= 15 is 0 Å². The Morgan fingerprint density at radius 3 is 2.40 bits per heavy atom. The lowest BCUT2D eigenvalue weighted by Crippen LogP contribution is -2.03. The molecule has 0 saturated carbocycles. The summed E-state index contributed by atoms with van der Waals surface area (Å²) in [6.45, 7) is 0. The predicted molar refractivity (Wildman–Crippen MR) is 49.3 cm³/mol. The van der Waals surface area contributed by atoms with Gasteiger partial charge in [-0.2, -0.15) is 8.42 Å². The van der Waals surface area contributed by atoms with E-state index < -0.39 is 26.7 Å². The molecule has 0 amide bonds. The number of benzene rings is 1. The van der Waals surface area contributed by atoms with Crippen LogP contribution in [0.5, 0.6) is 5.75 Å². The lowest BCUT2D eigenvalue weighted by atomic mass is 10.1. The van der Waals surface area contributed by atoms with E-state index in [4.69, 9.17) is 14.8 Å². The molecule has 1 rings (SSSR count). The molecule has 3 N–H and O–H groups in total. The van der Waals surface area contributed by atoms with E-state index in [-0.39, 0.29) is 12.0 Å². The third-order valence-electron chi connectivity index (χ3n) is 1.66. The predicted octanol–water partition coefficient (Wildman–Crippen LogP) is 0.266. The molecule has 0 aliphatic heterocycles. The zero-order chi connectivity index (χ0) is 11.6. The van der Waals surface area contributed by atoms with Gasteiger partial charge in [-0.25, -0.2) is 0 Å². The normalized spacial score (nSPS) is 11.3. The van der Waals surface area contributed by atoms with Crippen LogP contribution in [0.1, 0.15) is 5.56 Å². The summed E-state index contributed by atoms with van der Waals surface area (Å²) in [5, 5.41) is 17.6. The van der Waals surface area contributed by atoms with Crippen molar-refractivity contribution in [3.05, 3.63) is 23.8 Å². The van der Waals surface area contributed by atoms with Crippen molar-refractivity contribution in [2.75, 3.05) is 0 Å². The average Bonchev–Trinajstić information content (AvgIpc) is 2.05. The van der Waals surface area contributed by atoms with E-state index in [0.29, 0.717) is 0 Å². The van der Waals surface area contributed by atoms with Crippen LogP contribution >= 0.6 is 0 Å². The number of hydrogen-bond donors (Lipinski definition) is 3. The Morgan fingerprint density at radius 1 is 1.33 bits per heavy atom. The van der Waals surface area contributed by atoms with Crippen molar-refractivity contribution in [2.45, 2.75) is 11.3 Å². The Hall–Kier alpha value is -1.60. The van der Waals surface area contributed by atoms with Crippen LogP contribution < -0.4 is 0 Å². The van der Waals surface area contributed by atoms with Crippen LogP contribution in [0.3, 0.4) is 0 Å². The molecule has 0 fully saturated rings. The van der Waals surface area contributed by atoms with Gasteiger partial charge in [0.15, 0.2) is 0 Å². The molecule has 0 spiro atoms. The minimum Gasteiger partial charge on any atom is -0.506 e. The Bertz CT molecular complexity index is 490. The van der Waals surface area contributed by atoms with Crippen LogP contribution in [0.2, 0.25) is 0 Å². The lowest BCUT2D eigenvalue weighted by molar-refractivity contribution is -0.136. The molecule has 0 bridgehead atoms. The Balaban J connectivity index is 3.23. The molecule has 1 aromatic rings.